The van der Waals surface area contributed by atoms with Crippen molar-refractivity contribution >= 4 is 33.4 Å². The van der Waals surface area contributed by atoms with E-state index in [4.69, 9.17) is 18.4 Å². The molecule has 1 atom stereocenters. The number of anilines is 2. The summed E-state index contributed by atoms with van der Waals surface area (Å²) in [5, 5.41) is 9.28. The van der Waals surface area contributed by atoms with Gasteiger partial charge in [0.25, 0.3) is 0 Å². The minimum absolute atomic E-state index is 0.203. The molecule has 9 heteroatoms. The van der Waals surface area contributed by atoms with E-state index in [-0.39, 0.29) is 11.0 Å². The van der Waals surface area contributed by atoms with Crippen LogP contribution in [0.2, 0.25) is 0 Å². The Hall–Kier alpha value is -2.88. The van der Waals surface area contributed by atoms with Crippen LogP contribution >= 0.6 is 0 Å². The average molecular weight is 512 g/mol. The van der Waals surface area contributed by atoms with Crippen LogP contribution in [0.15, 0.2) is 48.7 Å². The molecule has 192 valence electrons. The predicted octanol–water partition coefficient (Wildman–Crippen LogP) is 4.53. The zero-order valence-electron chi connectivity index (χ0n) is 21.0. The van der Waals surface area contributed by atoms with Gasteiger partial charge in [-0.3, -0.25) is 4.18 Å². The number of pyridine rings is 1. The molecular formula is C27H33N3O5S. The van der Waals surface area contributed by atoms with E-state index in [1.165, 1.54) is 0 Å². The summed E-state index contributed by atoms with van der Waals surface area (Å²) in [6.07, 6.45) is 6.28. The second-order valence-corrected chi connectivity index (χ2v) is 10.8. The molecule has 2 N–H and O–H groups in total. The van der Waals surface area contributed by atoms with Gasteiger partial charge in [-0.2, -0.15) is 0 Å². The van der Waals surface area contributed by atoms with Crippen molar-refractivity contribution in [1.29, 1.82) is 0 Å². The van der Waals surface area contributed by atoms with Crippen molar-refractivity contribution in [3.8, 4) is 11.5 Å². The molecule has 3 fully saturated rings. The summed E-state index contributed by atoms with van der Waals surface area (Å²) in [6.45, 7) is 2.59. The Labute approximate surface area is 214 Å². The van der Waals surface area contributed by atoms with E-state index in [2.05, 4.69) is 33.8 Å². The summed E-state index contributed by atoms with van der Waals surface area (Å²) in [6, 6.07) is 14.2. The van der Waals surface area contributed by atoms with E-state index in [9.17, 15) is 4.21 Å². The topological polar surface area (TPSA) is 90.9 Å². The molecule has 0 amide bonds. The second-order valence-electron chi connectivity index (χ2n) is 9.78. The zero-order valence-corrected chi connectivity index (χ0v) is 21.8. The van der Waals surface area contributed by atoms with Crippen LogP contribution in [0.3, 0.4) is 0 Å². The number of nitrogens with one attached hydrogen (secondary N) is 2. The Morgan fingerprint density at radius 2 is 1.94 bits per heavy atom. The third kappa shape index (κ3) is 5.14. The van der Waals surface area contributed by atoms with E-state index >= 15 is 0 Å². The summed E-state index contributed by atoms with van der Waals surface area (Å²) >= 11 is -1.26. The molecule has 1 aliphatic carbocycles. The highest BCUT2D eigenvalue weighted by molar-refractivity contribution is 7.79. The first-order valence-corrected chi connectivity index (χ1v) is 13.6. The van der Waals surface area contributed by atoms with E-state index < -0.39 is 11.1 Å². The standard InChI is InChI=1S/C27H33N3O5S/c1-32-22-6-4-20(24(13-22)33-2)14-29-25-23-7-5-21(12-19(23)8-10-28-25)30-17-26-9-11-34-27(15-26,16-26)18-35-36(3)31/h4-8,10,12-13,30H,9,11,14-18H2,1-3H3,(H,28,29). The van der Waals surface area contributed by atoms with Crippen molar-refractivity contribution in [2.24, 2.45) is 5.41 Å². The monoisotopic (exact) mass is 511 g/mol. The van der Waals surface area contributed by atoms with Crippen LogP contribution in [0.1, 0.15) is 24.8 Å². The lowest BCUT2D eigenvalue weighted by molar-refractivity contribution is -0.230. The number of hydrogen-bond donors (Lipinski definition) is 2. The molecule has 1 unspecified atom stereocenters. The molecule has 1 aromatic heterocycles. The van der Waals surface area contributed by atoms with Gasteiger partial charge in [-0.1, -0.05) is 0 Å². The predicted molar refractivity (Wildman–Crippen MR) is 142 cm³/mol. The molecule has 3 aromatic rings. The van der Waals surface area contributed by atoms with Crippen LogP contribution in [0.25, 0.3) is 10.8 Å². The molecule has 6 rings (SSSR count). The van der Waals surface area contributed by atoms with Crippen molar-refractivity contribution in [3.63, 3.8) is 0 Å². The number of rotatable bonds is 11. The van der Waals surface area contributed by atoms with Crippen LogP contribution in [-0.2, 0) is 26.5 Å². The van der Waals surface area contributed by atoms with Gasteiger partial charge in [0.05, 0.1) is 26.4 Å². The summed E-state index contributed by atoms with van der Waals surface area (Å²) in [5.41, 5.74) is 2.04. The number of ether oxygens (including phenoxy) is 3. The lowest BCUT2D eigenvalue weighted by atomic mass is 9.56. The molecule has 0 spiro atoms. The summed E-state index contributed by atoms with van der Waals surface area (Å²) < 4.78 is 33.5. The fourth-order valence-corrected chi connectivity index (χ4v) is 5.90. The van der Waals surface area contributed by atoms with Gasteiger partial charge in [-0.15, -0.1) is 0 Å². The number of nitrogens with zero attached hydrogens (tertiary/aromatic N) is 1. The molecule has 3 heterocycles. The Morgan fingerprint density at radius 1 is 1.08 bits per heavy atom. The van der Waals surface area contributed by atoms with Gasteiger partial charge < -0.3 is 24.8 Å². The maximum absolute atomic E-state index is 11.3. The van der Waals surface area contributed by atoms with Gasteiger partial charge in [-0.05, 0) is 66.5 Å². The van der Waals surface area contributed by atoms with Gasteiger partial charge in [0.2, 0.25) is 0 Å². The minimum Gasteiger partial charge on any atom is -0.497 e. The lowest BCUT2D eigenvalue weighted by Crippen LogP contribution is -2.63. The normalized spacial score (nSPS) is 23.5. The lowest BCUT2D eigenvalue weighted by Gasteiger charge is -2.59. The molecule has 2 saturated heterocycles. The van der Waals surface area contributed by atoms with Crippen LogP contribution in [0.5, 0.6) is 11.5 Å². The molecule has 2 bridgehead atoms. The first kappa shape index (κ1) is 24.8. The molecule has 8 nitrogen and oxygen atoms in total. The summed E-state index contributed by atoms with van der Waals surface area (Å²) in [5.74, 6) is 2.37. The van der Waals surface area contributed by atoms with Crippen molar-refractivity contribution in [2.45, 2.75) is 31.4 Å². The largest absolute Gasteiger partial charge is 0.497 e. The van der Waals surface area contributed by atoms with Crippen LogP contribution in [-0.4, -0.2) is 55.0 Å². The zero-order chi connectivity index (χ0) is 25.2. The quantitative estimate of drug-likeness (QED) is 0.388. The summed E-state index contributed by atoms with van der Waals surface area (Å²) in [4.78, 5) is 4.57. The Kier molecular flexibility index (Phi) is 7.05. The third-order valence-corrected chi connectivity index (χ3v) is 7.75. The summed E-state index contributed by atoms with van der Waals surface area (Å²) in [7, 11) is 3.30. The molecule has 36 heavy (non-hydrogen) atoms. The maximum Gasteiger partial charge on any atom is 0.152 e. The fraction of sp³-hybridized carbons (Fsp3) is 0.444. The van der Waals surface area contributed by atoms with E-state index in [0.29, 0.717) is 13.2 Å². The highest BCUT2D eigenvalue weighted by Gasteiger charge is 2.58. The number of methoxy groups -OCH3 is 2. The first-order valence-electron chi connectivity index (χ1n) is 12.1. The van der Waals surface area contributed by atoms with Crippen LogP contribution < -0.4 is 20.1 Å². The van der Waals surface area contributed by atoms with E-state index in [1.807, 2.05) is 30.5 Å². The molecule has 2 aliphatic heterocycles. The minimum atomic E-state index is -1.26. The highest BCUT2D eigenvalue weighted by atomic mass is 32.2. The first-order chi connectivity index (χ1) is 17.4. The molecule has 1 saturated carbocycles. The van der Waals surface area contributed by atoms with Crippen LogP contribution in [0.4, 0.5) is 11.5 Å². The fourth-order valence-electron chi connectivity index (χ4n) is 5.52. The number of benzene rings is 2. The van der Waals surface area contributed by atoms with Gasteiger partial charge >= 0.3 is 0 Å². The van der Waals surface area contributed by atoms with Crippen molar-refractivity contribution < 1.29 is 22.6 Å². The van der Waals surface area contributed by atoms with Crippen molar-refractivity contribution in [1.82, 2.24) is 4.98 Å². The number of fused-ring (bicyclic) bond motifs is 3. The van der Waals surface area contributed by atoms with Gasteiger partial charge in [-0.25, -0.2) is 9.19 Å². The van der Waals surface area contributed by atoms with E-state index in [0.717, 1.165) is 71.8 Å². The molecule has 2 aromatic carbocycles. The SMILES string of the molecule is COc1ccc(CNc2nccc3cc(NCC45CCOC(COS(C)=O)(C4)C5)ccc23)c(OC)c1. The molecule has 3 aliphatic rings. The smallest absolute Gasteiger partial charge is 0.152 e. The highest BCUT2D eigenvalue weighted by Crippen LogP contribution is 2.56. The second kappa shape index (κ2) is 10.2. The average Bonchev–Trinajstić information content (AvgIpc) is 2.89. The van der Waals surface area contributed by atoms with E-state index in [1.54, 1.807) is 20.5 Å². The number of hydrogen-bond acceptors (Lipinski definition) is 8. The Bertz CT molecular complexity index is 1260. The van der Waals surface area contributed by atoms with Crippen molar-refractivity contribution in [3.05, 3.63) is 54.2 Å². The van der Waals surface area contributed by atoms with Gasteiger partial charge in [0.1, 0.15) is 17.3 Å². The van der Waals surface area contributed by atoms with Gasteiger partial charge in [0, 0.05) is 54.9 Å². The third-order valence-electron chi connectivity index (χ3n) is 7.30. The van der Waals surface area contributed by atoms with Crippen LogP contribution in [0, 0.1) is 5.41 Å². The Morgan fingerprint density at radius 3 is 2.72 bits per heavy atom. The van der Waals surface area contributed by atoms with Gasteiger partial charge in [0.15, 0.2) is 11.1 Å². The molecule has 0 radical (unpaired) electrons. The Balaban J connectivity index is 1.23. The molecular weight excluding hydrogens is 478 g/mol. The van der Waals surface area contributed by atoms with Crippen molar-refractivity contribution in [2.75, 3.05) is 50.9 Å². The maximum atomic E-state index is 11.3. The number of aromatic nitrogens is 1.